The van der Waals surface area contributed by atoms with E-state index in [4.69, 9.17) is 21.8 Å². The van der Waals surface area contributed by atoms with Gasteiger partial charge in [-0.25, -0.2) is 0 Å². The van der Waals surface area contributed by atoms with Crippen LogP contribution in [0.2, 0.25) is 5.02 Å². The summed E-state index contributed by atoms with van der Waals surface area (Å²) in [6.07, 6.45) is 1.63. The summed E-state index contributed by atoms with van der Waals surface area (Å²) in [6.45, 7) is 0. The van der Waals surface area contributed by atoms with Crippen LogP contribution >= 0.6 is 39.3 Å². The van der Waals surface area contributed by atoms with Crippen molar-refractivity contribution < 1.29 is 4.42 Å². The minimum absolute atomic E-state index is 0.125. The highest BCUT2D eigenvalue weighted by Crippen LogP contribution is 2.28. The molecule has 1 unspecified atom stereocenters. The van der Waals surface area contributed by atoms with Crippen molar-refractivity contribution in [2.45, 2.75) is 10.9 Å². The molecule has 0 amide bonds. The number of thioether (sulfide) groups is 1. The first-order chi connectivity index (χ1) is 8.16. The Morgan fingerprint density at radius 1 is 1.29 bits per heavy atom. The number of nitrogens with two attached hydrogens (primary N) is 1. The highest BCUT2D eigenvalue weighted by Gasteiger charge is 2.13. The Morgan fingerprint density at radius 3 is 2.59 bits per heavy atom. The quantitative estimate of drug-likeness (QED) is 0.839. The number of rotatable bonds is 4. The third-order valence-corrected chi connectivity index (χ3v) is 4.26. The lowest BCUT2D eigenvalue weighted by atomic mass is 10.3. The zero-order chi connectivity index (χ0) is 12.3. The first kappa shape index (κ1) is 13.0. The van der Waals surface area contributed by atoms with Crippen LogP contribution in [0.4, 0.5) is 0 Å². The standard InChI is InChI=1S/C12H11BrClNOS/c13-10-5-6-16-12(10)11(15)7-17-9-3-1-8(14)2-4-9/h1-6,11H,7,15H2. The fourth-order valence-electron chi connectivity index (χ4n) is 1.36. The van der Waals surface area contributed by atoms with Gasteiger partial charge < -0.3 is 10.2 Å². The maximum atomic E-state index is 6.05. The number of furan rings is 1. The lowest BCUT2D eigenvalue weighted by molar-refractivity contribution is 0.480. The second-order valence-corrected chi connectivity index (χ2v) is 5.89. The predicted octanol–water partition coefficient (Wildman–Crippen LogP) is 4.49. The van der Waals surface area contributed by atoms with Crippen molar-refractivity contribution in [2.75, 3.05) is 5.75 Å². The molecule has 1 heterocycles. The molecule has 0 spiro atoms. The van der Waals surface area contributed by atoms with Crippen molar-refractivity contribution >= 4 is 39.3 Å². The van der Waals surface area contributed by atoms with E-state index in [-0.39, 0.29) is 6.04 Å². The first-order valence-corrected chi connectivity index (χ1v) is 7.19. The van der Waals surface area contributed by atoms with Crippen molar-refractivity contribution in [2.24, 2.45) is 5.73 Å². The van der Waals surface area contributed by atoms with Gasteiger partial charge in [0.2, 0.25) is 0 Å². The monoisotopic (exact) mass is 331 g/mol. The van der Waals surface area contributed by atoms with Gasteiger partial charge >= 0.3 is 0 Å². The summed E-state index contributed by atoms with van der Waals surface area (Å²) in [5, 5.41) is 0.743. The van der Waals surface area contributed by atoms with E-state index in [1.165, 1.54) is 0 Å². The number of halogens is 2. The number of hydrogen-bond donors (Lipinski definition) is 1. The van der Waals surface area contributed by atoms with Gasteiger partial charge in [0.1, 0.15) is 5.76 Å². The smallest absolute Gasteiger partial charge is 0.135 e. The molecule has 0 radical (unpaired) electrons. The van der Waals surface area contributed by atoms with Crippen LogP contribution < -0.4 is 5.73 Å². The van der Waals surface area contributed by atoms with E-state index in [9.17, 15) is 0 Å². The average Bonchev–Trinajstić information content (AvgIpc) is 2.74. The highest BCUT2D eigenvalue weighted by molar-refractivity contribution is 9.10. The molecule has 0 fully saturated rings. The molecule has 0 saturated carbocycles. The van der Waals surface area contributed by atoms with Crippen LogP contribution in [0.15, 0.2) is 50.4 Å². The maximum Gasteiger partial charge on any atom is 0.135 e. The molecule has 0 aliphatic carbocycles. The van der Waals surface area contributed by atoms with Gasteiger partial charge in [-0.05, 0) is 46.3 Å². The van der Waals surface area contributed by atoms with Crippen molar-refractivity contribution in [3.8, 4) is 0 Å². The second kappa shape index (κ2) is 5.96. The van der Waals surface area contributed by atoms with Gasteiger partial charge in [0.05, 0.1) is 16.8 Å². The number of hydrogen-bond acceptors (Lipinski definition) is 3. The number of benzene rings is 1. The Hall–Kier alpha value is -0.420. The summed E-state index contributed by atoms with van der Waals surface area (Å²) < 4.78 is 6.25. The molecule has 0 aliphatic rings. The van der Waals surface area contributed by atoms with Crippen LogP contribution in [0.1, 0.15) is 11.8 Å². The van der Waals surface area contributed by atoms with Crippen LogP contribution in [0.25, 0.3) is 0 Å². The van der Waals surface area contributed by atoms with Gasteiger partial charge in [-0.15, -0.1) is 11.8 Å². The van der Waals surface area contributed by atoms with Gasteiger partial charge in [-0.2, -0.15) is 0 Å². The zero-order valence-electron chi connectivity index (χ0n) is 8.90. The molecule has 0 aliphatic heterocycles. The van der Waals surface area contributed by atoms with E-state index in [0.29, 0.717) is 0 Å². The normalized spacial score (nSPS) is 12.6. The fraction of sp³-hybridized carbons (Fsp3) is 0.167. The van der Waals surface area contributed by atoms with E-state index < -0.39 is 0 Å². The molecule has 5 heteroatoms. The van der Waals surface area contributed by atoms with Crippen LogP contribution in [0.5, 0.6) is 0 Å². The van der Waals surface area contributed by atoms with Crippen LogP contribution in [-0.2, 0) is 0 Å². The lowest BCUT2D eigenvalue weighted by Crippen LogP contribution is -2.12. The highest BCUT2D eigenvalue weighted by atomic mass is 79.9. The third kappa shape index (κ3) is 3.52. The SMILES string of the molecule is NC(CSc1ccc(Cl)cc1)c1occc1Br. The Morgan fingerprint density at radius 2 is 2.00 bits per heavy atom. The van der Waals surface area contributed by atoms with E-state index in [2.05, 4.69) is 15.9 Å². The van der Waals surface area contributed by atoms with E-state index in [1.54, 1.807) is 18.0 Å². The summed E-state index contributed by atoms with van der Waals surface area (Å²) >= 11 is 10.9. The zero-order valence-corrected chi connectivity index (χ0v) is 12.1. The summed E-state index contributed by atoms with van der Waals surface area (Å²) in [6, 6.07) is 9.44. The summed E-state index contributed by atoms with van der Waals surface area (Å²) in [5.74, 6) is 1.54. The Balaban J connectivity index is 1.94. The van der Waals surface area contributed by atoms with Gasteiger partial charge in [-0.1, -0.05) is 11.6 Å². The molecule has 1 aromatic carbocycles. The van der Waals surface area contributed by atoms with Crippen molar-refractivity contribution in [3.63, 3.8) is 0 Å². The lowest BCUT2D eigenvalue weighted by Gasteiger charge is -2.09. The van der Waals surface area contributed by atoms with Gasteiger partial charge in [0, 0.05) is 15.7 Å². The molecule has 1 atom stereocenters. The molecule has 0 bridgehead atoms. The van der Waals surface area contributed by atoms with E-state index >= 15 is 0 Å². The fourth-order valence-corrected chi connectivity index (χ4v) is 2.84. The Bertz CT molecular complexity index is 486. The van der Waals surface area contributed by atoms with Gasteiger partial charge in [0.15, 0.2) is 0 Å². The molecule has 2 aromatic rings. The minimum Gasteiger partial charge on any atom is -0.466 e. The van der Waals surface area contributed by atoms with Crippen molar-refractivity contribution in [1.29, 1.82) is 0 Å². The van der Waals surface area contributed by atoms with E-state index in [1.807, 2.05) is 30.3 Å². The molecule has 90 valence electrons. The molecular weight excluding hydrogens is 322 g/mol. The molecule has 2 nitrogen and oxygen atoms in total. The van der Waals surface area contributed by atoms with Crippen LogP contribution in [-0.4, -0.2) is 5.75 Å². The van der Waals surface area contributed by atoms with Crippen molar-refractivity contribution in [1.82, 2.24) is 0 Å². The molecule has 1 aromatic heterocycles. The second-order valence-electron chi connectivity index (χ2n) is 3.50. The third-order valence-electron chi connectivity index (χ3n) is 2.22. The molecule has 0 saturated heterocycles. The molecule has 2 N–H and O–H groups in total. The van der Waals surface area contributed by atoms with E-state index in [0.717, 1.165) is 25.9 Å². The minimum atomic E-state index is -0.125. The molecule has 2 rings (SSSR count). The summed E-state index contributed by atoms with van der Waals surface area (Å²) in [4.78, 5) is 1.15. The van der Waals surface area contributed by atoms with Gasteiger partial charge in [0.25, 0.3) is 0 Å². The summed E-state index contributed by atoms with van der Waals surface area (Å²) in [7, 11) is 0. The largest absolute Gasteiger partial charge is 0.466 e. The van der Waals surface area contributed by atoms with Crippen molar-refractivity contribution in [3.05, 3.63) is 51.9 Å². The van der Waals surface area contributed by atoms with Crippen LogP contribution in [0.3, 0.4) is 0 Å². The maximum absolute atomic E-state index is 6.05. The first-order valence-electron chi connectivity index (χ1n) is 5.03. The van der Waals surface area contributed by atoms with Gasteiger partial charge in [-0.3, -0.25) is 0 Å². The molecule has 17 heavy (non-hydrogen) atoms. The topological polar surface area (TPSA) is 39.2 Å². The van der Waals surface area contributed by atoms with Crippen LogP contribution in [0, 0.1) is 0 Å². The summed E-state index contributed by atoms with van der Waals surface area (Å²) in [5.41, 5.74) is 6.05. The average molecular weight is 333 g/mol. The predicted molar refractivity (Wildman–Crippen MR) is 75.5 cm³/mol. The Labute approximate surface area is 118 Å². The molecular formula is C12H11BrClNOS. The Kier molecular flexibility index (Phi) is 4.56.